The second kappa shape index (κ2) is 11.1. The van der Waals surface area contributed by atoms with Gasteiger partial charge in [-0.25, -0.2) is 9.37 Å². The van der Waals surface area contributed by atoms with E-state index < -0.39 is 6.10 Å². The second-order valence-corrected chi connectivity index (χ2v) is 6.95. The van der Waals surface area contributed by atoms with Gasteiger partial charge in [0.05, 0.1) is 25.4 Å². The van der Waals surface area contributed by atoms with E-state index in [9.17, 15) is 9.50 Å². The number of aryl methyl sites for hydroxylation is 2. The number of aromatic nitrogens is 2. The molecule has 0 saturated heterocycles. The van der Waals surface area contributed by atoms with Crippen LogP contribution in [0, 0.1) is 12.7 Å². The first-order chi connectivity index (χ1) is 13.5. The maximum atomic E-state index is 13.7. The smallest absolute Gasteiger partial charge is 0.130 e. The summed E-state index contributed by atoms with van der Waals surface area (Å²) in [5.74, 6) is 0.443. The lowest BCUT2D eigenvalue weighted by atomic mass is 10.1. The minimum Gasteiger partial charge on any atom is -0.389 e. The van der Waals surface area contributed by atoms with E-state index in [-0.39, 0.29) is 30.9 Å². The summed E-state index contributed by atoms with van der Waals surface area (Å²) in [7, 11) is 1.89. The molecule has 7 heteroatoms. The summed E-state index contributed by atoms with van der Waals surface area (Å²) in [6.45, 7) is 2.99. The zero-order valence-corrected chi connectivity index (χ0v) is 17.4. The third kappa shape index (κ3) is 6.65. The summed E-state index contributed by atoms with van der Waals surface area (Å²) in [6.07, 6.45) is 2.84. The van der Waals surface area contributed by atoms with Crippen molar-refractivity contribution in [2.75, 3.05) is 13.2 Å². The average molecular weight is 420 g/mol. The molecule has 0 radical (unpaired) electrons. The molecule has 2 atom stereocenters. The summed E-state index contributed by atoms with van der Waals surface area (Å²) >= 11 is 0. The van der Waals surface area contributed by atoms with Gasteiger partial charge in [0.25, 0.3) is 0 Å². The Hall–Kier alpha value is -2.25. The van der Waals surface area contributed by atoms with Gasteiger partial charge in [0.15, 0.2) is 0 Å². The van der Waals surface area contributed by atoms with Crippen LogP contribution in [-0.2, 0) is 18.4 Å². The molecule has 2 N–H and O–H groups in total. The maximum absolute atomic E-state index is 13.7. The van der Waals surface area contributed by atoms with Gasteiger partial charge < -0.3 is 19.7 Å². The highest BCUT2D eigenvalue weighted by Gasteiger charge is 2.19. The third-order valence-electron chi connectivity index (χ3n) is 4.56. The van der Waals surface area contributed by atoms with Crippen LogP contribution in [0.25, 0.3) is 0 Å². The van der Waals surface area contributed by atoms with Crippen molar-refractivity contribution in [1.29, 1.82) is 0 Å². The van der Waals surface area contributed by atoms with Crippen LogP contribution in [0.15, 0.2) is 60.9 Å². The van der Waals surface area contributed by atoms with Crippen molar-refractivity contribution in [3.63, 3.8) is 0 Å². The molecule has 3 rings (SSSR count). The highest BCUT2D eigenvalue weighted by atomic mass is 35.5. The number of nitrogens with zero attached hydrogens (tertiary/aromatic N) is 2. The van der Waals surface area contributed by atoms with Crippen molar-refractivity contribution in [3.8, 4) is 0 Å². The zero-order valence-electron chi connectivity index (χ0n) is 16.6. The van der Waals surface area contributed by atoms with E-state index in [4.69, 9.17) is 4.74 Å². The minimum atomic E-state index is -0.693. The molecule has 0 saturated carbocycles. The second-order valence-electron chi connectivity index (χ2n) is 6.95. The van der Waals surface area contributed by atoms with Gasteiger partial charge in [0.2, 0.25) is 0 Å². The molecule has 2 unspecified atom stereocenters. The highest BCUT2D eigenvalue weighted by Crippen LogP contribution is 2.21. The molecule has 0 bridgehead atoms. The largest absolute Gasteiger partial charge is 0.389 e. The Kier molecular flexibility index (Phi) is 8.79. The molecule has 0 spiro atoms. The zero-order chi connectivity index (χ0) is 19.9. The molecule has 2 aromatic carbocycles. The van der Waals surface area contributed by atoms with Crippen molar-refractivity contribution < 1.29 is 14.2 Å². The van der Waals surface area contributed by atoms with E-state index in [1.54, 1.807) is 12.3 Å². The Balaban J connectivity index is 0.00000300. The van der Waals surface area contributed by atoms with E-state index in [1.807, 2.05) is 55.1 Å². The molecular weight excluding hydrogens is 393 g/mol. The number of aliphatic hydroxyl groups is 1. The SMILES string of the molecule is Cc1ccc(COCC(O)CNC(c2cccc(F)c2)c2nccn2C)cc1.Cl. The number of hydrogen-bond acceptors (Lipinski definition) is 4. The summed E-state index contributed by atoms with van der Waals surface area (Å²) < 4.78 is 21.2. The first-order valence-electron chi connectivity index (χ1n) is 9.30. The Bertz CT molecular complexity index is 886. The van der Waals surface area contributed by atoms with E-state index in [2.05, 4.69) is 10.3 Å². The molecular formula is C22H27ClFN3O2. The van der Waals surface area contributed by atoms with E-state index in [0.717, 1.165) is 17.0 Å². The fraction of sp³-hybridized carbons (Fsp3) is 0.318. The van der Waals surface area contributed by atoms with E-state index in [1.165, 1.54) is 17.7 Å². The van der Waals surface area contributed by atoms with E-state index >= 15 is 0 Å². The van der Waals surface area contributed by atoms with Crippen LogP contribution in [0.5, 0.6) is 0 Å². The van der Waals surface area contributed by atoms with Crippen molar-refractivity contribution >= 4 is 12.4 Å². The van der Waals surface area contributed by atoms with Gasteiger partial charge in [-0.05, 0) is 30.2 Å². The first-order valence-corrected chi connectivity index (χ1v) is 9.30. The predicted molar refractivity (Wildman–Crippen MR) is 114 cm³/mol. The lowest BCUT2D eigenvalue weighted by molar-refractivity contribution is 0.0279. The quantitative estimate of drug-likeness (QED) is 0.557. The molecule has 0 aliphatic carbocycles. The number of imidazole rings is 1. The molecule has 0 fully saturated rings. The Morgan fingerprint density at radius 2 is 1.97 bits per heavy atom. The van der Waals surface area contributed by atoms with Crippen LogP contribution in [0.2, 0.25) is 0 Å². The summed E-state index contributed by atoms with van der Waals surface area (Å²) in [5, 5.41) is 13.6. The molecule has 3 aromatic rings. The van der Waals surface area contributed by atoms with Crippen molar-refractivity contribution in [2.24, 2.45) is 7.05 Å². The number of halogens is 2. The Labute approximate surface area is 177 Å². The van der Waals surface area contributed by atoms with Crippen LogP contribution >= 0.6 is 12.4 Å². The molecule has 1 heterocycles. The van der Waals surface area contributed by atoms with Crippen LogP contribution in [0.4, 0.5) is 4.39 Å². The normalized spacial score (nSPS) is 13.0. The van der Waals surface area contributed by atoms with Gasteiger partial charge in [-0.2, -0.15) is 0 Å². The van der Waals surface area contributed by atoms with Crippen LogP contribution in [-0.4, -0.2) is 33.9 Å². The van der Waals surface area contributed by atoms with Gasteiger partial charge in [0.1, 0.15) is 11.6 Å². The lowest BCUT2D eigenvalue weighted by Gasteiger charge is -2.21. The van der Waals surface area contributed by atoms with Gasteiger partial charge in [-0.1, -0.05) is 42.0 Å². The third-order valence-corrected chi connectivity index (χ3v) is 4.56. The topological polar surface area (TPSA) is 59.3 Å². The number of ether oxygens (including phenoxy) is 1. The Morgan fingerprint density at radius 1 is 1.21 bits per heavy atom. The average Bonchev–Trinajstić information content (AvgIpc) is 3.09. The highest BCUT2D eigenvalue weighted by molar-refractivity contribution is 5.85. The summed E-state index contributed by atoms with van der Waals surface area (Å²) in [6, 6.07) is 14.2. The van der Waals surface area contributed by atoms with Crippen LogP contribution < -0.4 is 5.32 Å². The van der Waals surface area contributed by atoms with Gasteiger partial charge >= 0.3 is 0 Å². The molecule has 1 aromatic heterocycles. The summed E-state index contributed by atoms with van der Waals surface area (Å²) in [5.41, 5.74) is 3.02. The fourth-order valence-electron chi connectivity index (χ4n) is 3.01. The molecule has 0 amide bonds. The van der Waals surface area contributed by atoms with Crippen molar-refractivity contribution in [2.45, 2.75) is 25.7 Å². The molecule has 0 aliphatic heterocycles. The molecule has 156 valence electrons. The van der Waals surface area contributed by atoms with Gasteiger partial charge in [0, 0.05) is 26.0 Å². The Morgan fingerprint density at radius 3 is 2.62 bits per heavy atom. The standard InChI is InChI=1S/C22H26FN3O2.ClH/c1-16-6-8-17(9-7-16)14-28-15-20(27)13-25-21(22-24-10-11-26(22)2)18-4-3-5-19(23)12-18;/h3-12,20-21,25,27H,13-15H2,1-2H3;1H. The molecule has 29 heavy (non-hydrogen) atoms. The number of benzene rings is 2. The minimum absolute atomic E-state index is 0. The monoisotopic (exact) mass is 419 g/mol. The maximum Gasteiger partial charge on any atom is 0.130 e. The van der Waals surface area contributed by atoms with Crippen molar-refractivity contribution in [3.05, 3.63) is 89.3 Å². The van der Waals surface area contributed by atoms with Crippen LogP contribution in [0.3, 0.4) is 0 Å². The lowest BCUT2D eigenvalue weighted by Crippen LogP contribution is -2.34. The predicted octanol–water partition coefficient (Wildman–Crippen LogP) is 3.55. The number of rotatable bonds is 9. The van der Waals surface area contributed by atoms with Crippen LogP contribution in [0.1, 0.15) is 28.6 Å². The number of hydrogen-bond donors (Lipinski definition) is 2. The fourth-order valence-corrected chi connectivity index (χ4v) is 3.01. The molecule has 5 nitrogen and oxygen atoms in total. The number of aliphatic hydroxyl groups excluding tert-OH is 1. The molecule has 0 aliphatic rings. The van der Waals surface area contributed by atoms with Crippen molar-refractivity contribution in [1.82, 2.24) is 14.9 Å². The first kappa shape index (κ1) is 23.0. The van der Waals surface area contributed by atoms with E-state index in [0.29, 0.717) is 13.2 Å². The summed E-state index contributed by atoms with van der Waals surface area (Å²) in [4.78, 5) is 4.37. The van der Waals surface area contributed by atoms with Gasteiger partial charge in [-0.15, -0.1) is 12.4 Å². The van der Waals surface area contributed by atoms with Gasteiger partial charge in [-0.3, -0.25) is 0 Å². The number of nitrogens with one attached hydrogen (secondary N) is 1.